The summed E-state index contributed by atoms with van der Waals surface area (Å²) >= 11 is 0. The predicted octanol–water partition coefficient (Wildman–Crippen LogP) is 2.12. The van der Waals surface area contributed by atoms with Crippen molar-refractivity contribution in [1.29, 1.82) is 0 Å². The van der Waals surface area contributed by atoms with E-state index in [4.69, 9.17) is 14.2 Å². The van der Waals surface area contributed by atoms with Crippen LogP contribution < -0.4 is 10.1 Å². The Morgan fingerprint density at radius 3 is 2.70 bits per heavy atom. The van der Waals surface area contributed by atoms with Gasteiger partial charge in [0.05, 0.1) is 19.8 Å². The summed E-state index contributed by atoms with van der Waals surface area (Å²) in [5.74, 6) is -0.0486. The van der Waals surface area contributed by atoms with E-state index in [0.29, 0.717) is 39.0 Å². The lowest BCUT2D eigenvalue weighted by Gasteiger charge is -2.09. The molecule has 2 rings (SSSR count). The van der Waals surface area contributed by atoms with Gasteiger partial charge in [0.15, 0.2) is 11.6 Å². The van der Waals surface area contributed by atoms with Crippen LogP contribution in [0.3, 0.4) is 0 Å². The van der Waals surface area contributed by atoms with Gasteiger partial charge in [-0.15, -0.1) is 0 Å². The molecule has 0 heterocycles. The Labute approximate surface area is 119 Å². The van der Waals surface area contributed by atoms with Crippen LogP contribution in [0.25, 0.3) is 0 Å². The van der Waals surface area contributed by atoms with Crippen LogP contribution in [0.1, 0.15) is 18.4 Å². The van der Waals surface area contributed by atoms with E-state index in [1.807, 2.05) is 6.07 Å². The first-order chi connectivity index (χ1) is 9.79. The van der Waals surface area contributed by atoms with Gasteiger partial charge < -0.3 is 19.5 Å². The third kappa shape index (κ3) is 5.45. The summed E-state index contributed by atoms with van der Waals surface area (Å²) in [6, 6.07) is 5.71. The van der Waals surface area contributed by atoms with Gasteiger partial charge in [0.2, 0.25) is 0 Å². The molecular weight excluding hydrogens is 261 g/mol. The standard InChI is InChI=1S/C15H22FNO3/c1-18-6-7-19-8-9-20-15-5-2-12(10-14(15)16)11-17-13-3-4-13/h2,5,10,13,17H,3-4,6-9,11H2,1H3. The van der Waals surface area contributed by atoms with Gasteiger partial charge in [-0.25, -0.2) is 4.39 Å². The van der Waals surface area contributed by atoms with Crippen LogP contribution >= 0.6 is 0 Å². The number of hydrogen-bond acceptors (Lipinski definition) is 4. The van der Waals surface area contributed by atoms with Crippen LogP contribution in [-0.4, -0.2) is 39.6 Å². The normalized spacial score (nSPS) is 14.5. The molecule has 0 saturated heterocycles. The molecule has 0 unspecified atom stereocenters. The van der Waals surface area contributed by atoms with Gasteiger partial charge >= 0.3 is 0 Å². The zero-order valence-electron chi connectivity index (χ0n) is 11.9. The average Bonchev–Trinajstić information content (AvgIpc) is 3.26. The highest BCUT2D eigenvalue weighted by atomic mass is 19.1. The van der Waals surface area contributed by atoms with Crippen molar-refractivity contribution in [2.24, 2.45) is 0 Å². The van der Waals surface area contributed by atoms with Gasteiger partial charge in [-0.05, 0) is 30.5 Å². The maximum absolute atomic E-state index is 13.8. The molecule has 1 aliphatic carbocycles. The molecule has 0 atom stereocenters. The summed E-state index contributed by atoms with van der Waals surface area (Å²) in [4.78, 5) is 0. The zero-order valence-corrected chi connectivity index (χ0v) is 11.9. The minimum Gasteiger partial charge on any atom is -0.488 e. The second-order valence-corrected chi connectivity index (χ2v) is 4.87. The Morgan fingerprint density at radius 2 is 2.00 bits per heavy atom. The lowest BCUT2D eigenvalue weighted by molar-refractivity contribution is 0.0538. The highest BCUT2D eigenvalue weighted by Gasteiger charge is 2.20. The van der Waals surface area contributed by atoms with Crippen molar-refractivity contribution in [3.05, 3.63) is 29.6 Å². The summed E-state index contributed by atoms with van der Waals surface area (Å²) < 4.78 is 29.3. The maximum Gasteiger partial charge on any atom is 0.165 e. The van der Waals surface area contributed by atoms with E-state index in [1.54, 1.807) is 13.2 Å². The molecule has 1 aromatic rings. The van der Waals surface area contributed by atoms with Crippen LogP contribution in [0.15, 0.2) is 18.2 Å². The molecule has 0 aromatic heterocycles. The van der Waals surface area contributed by atoms with Crippen molar-refractivity contribution < 1.29 is 18.6 Å². The average molecular weight is 283 g/mol. The Hall–Kier alpha value is -1.17. The van der Waals surface area contributed by atoms with Crippen LogP contribution in [0.4, 0.5) is 4.39 Å². The number of halogens is 1. The molecule has 5 heteroatoms. The molecule has 1 aromatic carbocycles. The summed E-state index contributed by atoms with van der Waals surface area (Å²) in [6.45, 7) is 2.54. The number of methoxy groups -OCH3 is 1. The Kier molecular flexibility index (Phi) is 6.24. The number of rotatable bonds is 10. The van der Waals surface area contributed by atoms with E-state index in [9.17, 15) is 4.39 Å². The van der Waals surface area contributed by atoms with Gasteiger partial charge in [0.1, 0.15) is 6.61 Å². The number of nitrogens with one attached hydrogen (secondary N) is 1. The molecule has 1 saturated carbocycles. The molecule has 1 aliphatic rings. The third-order valence-corrected chi connectivity index (χ3v) is 3.09. The van der Waals surface area contributed by atoms with Crippen molar-refractivity contribution in [1.82, 2.24) is 5.32 Å². The van der Waals surface area contributed by atoms with Gasteiger partial charge in [-0.2, -0.15) is 0 Å². The van der Waals surface area contributed by atoms with Crippen molar-refractivity contribution >= 4 is 0 Å². The van der Waals surface area contributed by atoms with Crippen LogP contribution in [0, 0.1) is 5.82 Å². The molecular formula is C15H22FNO3. The van der Waals surface area contributed by atoms with Crippen LogP contribution in [-0.2, 0) is 16.0 Å². The Balaban J connectivity index is 1.68. The molecule has 1 fully saturated rings. The SMILES string of the molecule is COCCOCCOc1ccc(CNC2CC2)cc1F. The minimum absolute atomic E-state index is 0.274. The summed E-state index contributed by atoms with van der Waals surface area (Å²) in [5, 5.41) is 3.35. The predicted molar refractivity (Wildman–Crippen MR) is 74.5 cm³/mol. The first-order valence-corrected chi connectivity index (χ1v) is 7.01. The fourth-order valence-electron chi connectivity index (χ4n) is 1.78. The van der Waals surface area contributed by atoms with Crippen molar-refractivity contribution in [2.75, 3.05) is 33.5 Å². The monoisotopic (exact) mass is 283 g/mol. The smallest absolute Gasteiger partial charge is 0.165 e. The quantitative estimate of drug-likeness (QED) is 0.668. The molecule has 1 N–H and O–H groups in total. The topological polar surface area (TPSA) is 39.7 Å². The Bertz CT molecular complexity index is 410. The summed E-state index contributed by atoms with van der Waals surface area (Å²) in [5.41, 5.74) is 0.943. The third-order valence-electron chi connectivity index (χ3n) is 3.09. The van der Waals surface area contributed by atoms with E-state index < -0.39 is 0 Å². The first kappa shape index (κ1) is 15.2. The van der Waals surface area contributed by atoms with Crippen molar-refractivity contribution in [2.45, 2.75) is 25.4 Å². The molecule has 0 spiro atoms. The number of hydrogen-bond donors (Lipinski definition) is 1. The van der Waals surface area contributed by atoms with Gasteiger partial charge in [0.25, 0.3) is 0 Å². The van der Waals surface area contributed by atoms with E-state index >= 15 is 0 Å². The highest BCUT2D eigenvalue weighted by molar-refractivity contribution is 5.29. The van der Waals surface area contributed by atoms with Crippen molar-refractivity contribution in [3.63, 3.8) is 0 Å². The summed E-state index contributed by atoms with van der Waals surface area (Å²) in [6.07, 6.45) is 2.46. The lowest BCUT2D eigenvalue weighted by Crippen LogP contribution is -2.15. The van der Waals surface area contributed by atoms with E-state index in [0.717, 1.165) is 5.56 Å². The zero-order chi connectivity index (χ0) is 14.2. The number of ether oxygens (including phenoxy) is 3. The fourth-order valence-corrected chi connectivity index (χ4v) is 1.78. The molecule has 112 valence electrons. The Morgan fingerprint density at radius 1 is 1.20 bits per heavy atom. The van der Waals surface area contributed by atoms with Crippen LogP contribution in [0.5, 0.6) is 5.75 Å². The second kappa shape index (κ2) is 8.19. The molecule has 0 amide bonds. The van der Waals surface area contributed by atoms with E-state index in [1.165, 1.54) is 18.9 Å². The lowest BCUT2D eigenvalue weighted by atomic mass is 10.2. The molecule has 0 aliphatic heterocycles. The van der Waals surface area contributed by atoms with Crippen molar-refractivity contribution in [3.8, 4) is 5.75 Å². The molecule has 0 radical (unpaired) electrons. The van der Waals surface area contributed by atoms with E-state index in [2.05, 4.69) is 5.32 Å². The maximum atomic E-state index is 13.8. The number of benzene rings is 1. The molecule has 20 heavy (non-hydrogen) atoms. The van der Waals surface area contributed by atoms with Gasteiger partial charge in [0, 0.05) is 19.7 Å². The first-order valence-electron chi connectivity index (χ1n) is 7.01. The van der Waals surface area contributed by atoms with E-state index in [-0.39, 0.29) is 11.6 Å². The van der Waals surface area contributed by atoms with Gasteiger partial charge in [-0.3, -0.25) is 0 Å². The highest BCUT2D eigenvalue weighted by Crippen LogP contribution is 2.21. The van der Waals surface area contributed by atoms with Crippen LogP contribution in [0.2, 0.25) is 0 Å². The molecule has 0 bridgehead atoms. The molecule has 4 nitrogen and oxygen atoms in total. The van der Waals surface area contributed by atoms with Gasteiger partial charge in [-0.1, -0.05) is 6.07 Å². The largest absolute Gasteiger partial charge is 0.488 e. The fraction of sp³-hybridized carbons (Fsp3) is 0.600. The minimum atomic E-state index is -0.322. The summed E-state index contributed by atoms with van der Waals surface area (Å²) in [7, 11) is 1.62. The second-order valence-electron chi connectivity index (χ2n) is 4.87.